The van der Waals surface area contributed by atoms with Crippen LogP contribution >= 0.6 is 27.5 Å². The highest BCUT2D eigenvalue weighted by Gasteiger charge is 2.35. The number of hydrogen-bond donors (Lipinski definition) is 1. The van der Waals surface area contributed by atoms with Gasteiger partial charge >= 0.3 is 0 Å². The van der Waals surface area contributed by atoms with Gasteiger partial charge in [0, 0.05) is 28.0 Å². The van der Waals surface area contributed by atoms with Gasteiger partial charge in [-0.05, 0) is 86.5 Å². The van der Waals surface area contributed by atoms with Gasteiger partial charge in [0.15, 0.2) is 0 Å². The molecule has 0 radical (unpaired) electrons. The summed E-state index contributed by atoms with van der Waals surface area (Å²) in [4.78, 5) is 29.9. The summed E-state index contributed by atoms with van der Waals surface area (Å²) in [5.41, 5.74) is 1.23. The molecule has 0 aliphatic heterocycles. The first-order valence-corrected chi connectivity index (χ1v) is 17.2. The Morgan fingerprint density at radius 1 is 0.891 bits per heavy atom. The molecule has 4 rings (SSSR count). The molecule has 242 valence electrons. The summed E-state index contributed by atoms with van der Waals surface area (Å²) in [5.74, 6) is -0.438. The molecule has 4 aromatic carbocycles. The number of nitrogens with zero attached hydrogens (tertiary/aromatic N) is 2. The maximum absolute atomic E-state index is 14.6. The van der Waals surface area contributed by atoms with Crippen LogP contribution < -0.4 is 14.4 Å². The molecule has 0 bridgehead atoms. The van der Waals surface area contributed by atoms with Gasteiger partial charge in [0.05, 0.1) is 17.7 Å². The lowest BCUT2D eigenvalue weighted by Gasteiger charge is -2.35. The fourth-order valence-electron chi connectivity index (χ4n) is 4.87. The van der Waals surface area contributed by atoms with Gasteiger partial charge in [0.25, 0.3) is 10.0 Å². The smallest absolute Gasteiger partial charge is 0.264 e. The van der Waals surface area contributed by atoms with E-state index in [1.54, 1.807) is 18.2 Å². The van der Waals surface area contributed by atoms with E-state index in [1.165, 1.54) is 42.3 Å². The SMILES string of the molecule is COc1ccc(S(=O)(=O)N(CC(=O)N(Cc2cccc(Br)c2)C(Cc2ccccc2)C(=O)NC(C)(C)C)c2cccc(Cl)c2)cc1. The molecule has 4 aromatic rings. The van der Waals surface area contributed by atoms with E-state index in [1.807, 2.05) is 75.4 Å². The number of methoxy groups -OCH3 is 1. The summed E-state index contributed by atoms with van der Waals surface area (Å²) >= 11 is 9.80. The first-order chi connectivity index (χ1) is 21.8. The second-order valence-electron chi connectivity index (χ2n) is 11.8. The number of anilines is 1. The molecule has 0 saturated carbocycles. The van der Waals surface area contributed by atoms with Crippen molar-refractivity contribution in [3.63, 3.8) is 0 Å². The number of amides is 2. The normalized spacial score (nSPS) is 12.2. The molecular formula is C35H37BrClN3O5S. The average Bonchev–Trinajstić information content (AvgIpc) is 3.01. The van der Waals surface area contributed by atoms with Crippen molar-refractivity contribution >= 4 is 55.1 Å². The van der Waals surface area contributed by atoms with Gasteiger partial charge in [-0.1, -0.05) is 76.1 Å². The molecule has 0 saturated heterocycles. The van der Waals surface area contributed by atoms with E-state index >= 15 is 0 Å². The van der Waals surface area contributed by atoms with Crippen molar-refractivity contribution in [1.29, 1.82) is 0 Å². The van der Waals surface area contributed by atoms with Crippen LogP contribution in [0.3, 0.4) is 0 Å². The third-order valence-electron chi connectivity index (χ3n) is 7.03. The van der Waals surface area contributed by atoms with E-state index in [4.69, 9.17) is 16.3 Å². The van der Waals surface area contributed by atoms with Crippen molar-refractivity contribution in [1.82, 2.24) is 10.2 Å². The van der Waals surface area contributed by atoms with Crippen LogP contribution in [0.25, 0.3) is 0 Å². The minimum atomic E-state index is -4.27. The van der Waals surface area contributed by atoms with Crippen LogP contribution in [0, 0.1) is 0 Å². The largest absolute Gasteiger partial charge is 0.497 e. The van der Waals surface area contributed by atoms with Crippen LogP contribution in [0.1, 0.15) is 31.9 Å². The second-order valence-corrected chi connectivity index (χ2v) is 15.0. The Bertz CT molecular complexity index is 1760. The number of carbonyl (C=O) groups excluding carboxylic acids is 2. The van der Waals surface area contributed by atoms with Gasteiger partial charge in [-0.3, -0.25) is 13.9 Å². The first-order valence-electron chi connectivity index (χ1n) is 14.6. The highest BCUT2D eigenvalue weighted by molar-refractivity contribution is 9.10. The summed E-state index contributed by atoms with van der Waals surface area (Å²) in [5, 5.41) is 3.33. The quantitative estimate of drug-likeness (QED) is 0.172. The van der Waals surface area contributed by atoms with Crippen LogP contribution in [0.5, 0.6) is 5.75 Å². The third-order valence-corrected chi connectivity index (χ3v) is 9.55. The Hall–Kier alpha value is -3.86. The molecule has 0 fully saturated rings. The highest BCUT2D eigenvalue weighted by atomic mass is 79.9. The van der Waals surface area contributed by atoms with E-state index in [0.29, 0.717) is 10.8 Å². The van der Waals surface area contributed by atoms with Crippen molar-refractivity contribution in [2.45, 2.75) is 50.2 Å². The summed E-state index contributed by atoms with van der Waals surface area (Å²) in [6.07, 6.45) is 0.213. The number of nitrogens with one attached hydrogen (secondary N) is 1. The van der Waals surface area contributed by atoms with E-state index in [0.717, 1.165) is 19.9 Å². The van der Waals surface area contributed by atoms with Crippen molar-refractivity contribution in [3.8, 4) is 5.75 Å². The lowest BCUT2D eigenvalue weighted by Crippen LogP contribution is -2.56. The molecule has 1 atom stereocenters. The summed E-state index contributed by atoms with van der Waals surface area (Å²) < 4.78 is 35.4. The minimum absolute atomic E-state index is 0.0362. The van der Waals surface area contributed by atoms with Gasteiger partial charge in [-0.25, -0.2) is 8.42 Å². The van der Waals surface area contributed by atoms with Gasteiger partial charge < -0.3 is 15.0 Å². The van der Waals surface area contributed by atoms with Gasteiger partial charge in [0.1, 0.15) is 18.3 Å². The Morgan fingerprint density at radius 2 is 1.54 bits per heavy atom. The molecular weight excluding hydrogens is 690 g/mol. The zero-order valence-corrected chi connectivity index (χ0v) is 29.3. The highest BCUT2D eigenvalue weighted by Crippen LogP contribution is 2.28. The lowest BCUT2D eigenvalue weighted by molar-refractivity contribution is -0.140. The van der Waals surface area contributed by atoms with Crippen LogP contribution in [0.4, 0.5) is 5.69 Å². The zero-order chi connectivity index (χ0) is 33.5. The van der Waals surface area contributed by atoms with Crippen LogP contribution in [-0.4, -0.2) is 50.4 Å². The Morgan fingerprint density at radius 3 is 2.15 bits per heavy atom. The Balaban J connectivity index is 1.82. The zero-order valence-electron chi connectivity index (χ0n) is 26.1. The number of halogens is 2. The molecule has 1 unspecified atom stereocenters. The number of rotatable bonds is 12. The topological polar surface area (TPSA) is 96.0 Å². The predicted octanol–water partition coefficient (Wildman–Crippen LogP) is 6.86. The summed E-state index contributed by atoms with van der Waals surface area (Å²) in [7, 11) is -2.79. The van der Waals surface area contributed by atoms with Gasteiger partial charge in [-0.15, -0.1) is 0 Å². The van der Waals surface area contributed by atoms with Crippen LogP contribution in [0.2, 0.25) is 5.02 Å². The Labute approximate surface area is 284 Å². The molecule has 8 nitrogen and oxygen atoms in total. The van der Waals surface area contributed by atoms with E-state index in [-0.39, 0.29) is 29.5 Å². The van der Waals surface area contributed by atoms with E-state index < -0.39 is 34.1 Å². The molecule has 0 heterocycles. The Kier molecular flexibility index (Phi) is 11.5. The average molecular weight is 727 g/mol. The van der Waals surface area contributed by atoms with Crippen molar-refractivity contribution in [3.05, 3.63) is 124 Å². The molecule has 0 aromatic heterocycles. The molecule has 1 N–H and O–H groups in total. The van der Waals surface area contributed by atoms with Crippen LogP contribution in [-0.2, 0) is 32.6 Å². The minimum Gasteiger partial charge on any atom is -0.497 e. The fraction of sp³-hybridized carbons (Fsp3) is 0.257. The molecule has 0 spiro atoms. The van der Waals surface area contributed by atoms with Crippen molar-refractivity contribution in [2.24, 2.45) is 0 Å². The fourth-order valence-corrected chi connectivity index (χ4v) is 6.91. The van der Waals surface area contributed by atoms with Crippen molar-refractivity contribution in [2.75, 3.05) is 18.0 Å². The monoisotopic (exact) mass is 725 g/mol. The number of sulfonamides is 1. The summed E-state index contributed by atoms with van der Waals surface area (Å²) in [6, 6.07) is 28.1. The number of benzene rings is 4. The maximum atomic E-state index is 14.6. The third kappa shape index (κ3) is 9.34. The molecule has 0 aliphatic rings. The molecule has 46 heavy (non-hydrogen) atoms. The molecule has 2 amide bonds. The number of hydrogen-bond acceptors (Lipinski definition) is 5. The predicted molar refractivity (Wildman–Crippen MR) is 185 cm³/mol. The lowest BCUT2D eigenvalue weighted by atomic mass is 10.0. The van der Waals surface area contributed by atoms with Gasteiger partial charge in [0.2, 0.25) is 11.8 Å². The first kappa shape index (κ1) is 35.0. The molecule has 11 heteroatoms. The molecule has 0 aliphatic carbocycles. The van der Waals surface area contributed by atoms with Crippen molar-refractivity contribution < 1.29 is 22.7 Å². The number of carbonyl (C=O) groups is 2. The van der Waals surface area contributed by atoms with Gasteiger partial charge in [-0.2, -0.15) is 0 Å². The van der Waals surface area contributed by atoms with Crippen LogP contribution in [0.15, 0.2) is 112 Å². The van der Waals surface area contributed by atoms with E-state index in [9.17, 15) is 18.0 Å². The summed E-state index contributed by atoms with van der Waals surface area (Å²) in [6.45, 7) is 5.07. The maximum Gasteiger partial charge on any atom is 0.264 e. The standard InChI is InChI=1S/C35H37BrClN3O5S/c1-35(2,3)38-34(42)32(21-25-10-6-5-7-11-25)39(23-26-12-8-13-27(36)20-26)33(41)24-40(29-15-9-14-28(37)22-29)46(43,44)31-18-16-30(45-4)17-19-31/h5-20,22,32H,21,23-24H2,1-4H3,(H,38,42). The second kappa shape index (κ2) is 15.2. The van der Waals surface area contributed by atoms with E-state index in [2.05, 4.69) is 21.2 Å². The number of ether oxygens (including phenoxy) is 1.